The van der Waals surface area contributed by atoms with Gasteiger partial charge in [0, 0.05) is 11.4 Å². The summed E-state index contributed by atoms with van der Waals surface area (Å²) in [5, 5.41) is 9.68. The highest BCUT2D eigenvalue weighted by molar-refractivity contribution is 6.30. The molecule has 0 unspecified atom stereocenters. The van der Waals surface area contributed by atoms with Crippen LogP contribution < -0.4 is 4.74 Å². The van der Waals surface area contributed by atoms with Crippen LogP contribution in [0.5, 0.6) is 5.75 Å². The van der Waals surface area contributed by atoms with Crippen molar-refractivity contribution in [3.8, 4) is 5.75 Å². The second-order valence-corrected chi connectivity index (χ2v) is 4.33. The van der Waals surface area contributed by atoms with E-state index in [0.717, 1.165) is 5.56 Å². The first-order valence-electron chi connectivity index (χ1n) is 4.72. The van der Waals surface area contributed by atoms with E-state index in [1.54, 1.807) is 19.1 Å². The lowest BCUT2D eigenvalue weighted by Gasteiger charge is -2.32. The number of rotatable bonds is 1. The predicted molar refractivity (Wildman–Crippen MR) is 56.4 cm³/mol. The van der Waals surface area contributed by atoms with Gasteiger partial charge in [-0.05, 0) is 37.1 Å². The average Bonchev–Trinajstić information content (AvgIpc) is 2.18. The van der Waals surface area contributed by atoms with Gasteiger partial charge >= 0.3 is 5.97 Å². The third-order valence-corrected chi connectivity index (χ3v) is 2.92. The Hall–Kier alpha value is -1.22. The van der Waals surface area contributed by atoms with Crippen LogP contribution in [0.3, 0.4) is 0 Å². The number of ether oxygens (including phenoxy) is 1. The molecule has 80 valence electrons. The normalized spacial score (nSPS) is 24.1. The summed E-state index contributed by atoms with van der Waals surface area (Å²) < 4.78 is 5.48. The van der Waals surface area contributed by atoms with Crippen LogP contribution in [0.25, 0.3) is 0 Å². The van der Waals surface area contributed by atoms with Gasteiger partial charge in [-0.25, -0.2) is 4.79 Å². The molecule has 1 aromatic rings. The molecule has 0 saturated carbocycles. The third kappa shape index (κ3) is 1.79. The Labute approximate surface area is 92.6 Å². The van der Waals surface area contributed by atoms with E-state index in [0.29, 0.717) is 23.6 Å². The summed E-state index contributed by atoms with van der Waals surface area (Å²) in [6.45, 7) is 1.59. The number of carboxylic acid groups (broad SMARTS) is 1. The van der Waals surface area contributed by atoms with Crippen molar-refractivity contribution in [2.24, 2.45) is 0 Å². The van der Waals surface area contributed by atoms with E-state index in [2.05, 4.69) is 0 Å². The lowest BCUT2D eigenvalue weighted by atomic mass is 9.93. The first kappa shape index (κ1) is 10.3. The number of hydrogen-bond acceptors (Lipinski definition) is 2. The number of aliphatic carboxylic acids is 1. The largest absolute Gasteiger partial charge is 0.478 e. The molecule has 2 rings (SSSR count). The first-order chi connectivity index (χ1) is 7.01. The van der Waals surface area contributed by atoms with Crippen molar-refractivity contribution >= 4 is 17.6 Å². The van der Waals surface area contributed by atoms with E-state index in [1.165, 1.54) is 0 Å². The van der Waals surface area contributed by atoms with E-state index >= 15 is 0 Å². The molecule has 1 heterocycles. The topological polar surface area (TPSA) is 46.5 Å². The molecule has 15 heavy (non-hydrogen) atoms. The molecule has 0 bridgehead atoms. The van der Waals surface area contributed by atoms with Crippen molar-refractivity contribution in [2.45, 2.75) is 25.4 Å². The molecule has 0 spiro atoms. The van der Waals surface area contributed by atoms with Gasteiger partial charge in [-0.2, -0.15) is 0 Å². The summed E-state index contributed by atoms with van der Waals surface area (Å²) in [5.74, 6) is -0.307. The second kappa shape index (κ2) is 3.42. The van der Waals surface area contributed by atoms with Crippen LogP contribution in [-0.2, 0) is 11.2 Å². The number of carboxylic acids is 1. The van der Waals surface area contributed by atoms with E-state index in [1.807, 2.05) is 6.07 Å². The number of aryl methyl sites for hydroxylation is 1. The summed E-state index contributed by atoms with van der Waals surface area (Å²) >= 11 is 5.84. The lowest BCUT2D eigenvalue weighted by Crippen LogP contribution is -2.44. The SMILES string of the molecule is C[C@@]1(C(=O)O)CCc2cc(Cl)ccc2O1. The van der Waals surface area contributed by atoms with Crippen LogP contribution in [0.4, 0.5) is 0 Å². The summed E-state index contributed by atoms with van der Waals surface area (Å²) in [6, 6.07) is 5.24. The quantitative estimate of drug-likeness (QED) is 0.801. The number of halogens is 1. The molecule has 0 radical (unpaired) electrons. The fourth-order valence-corrected chi connectivity index (χ4v) is 1.86. The number of hydrogen-bond donors (Lipinski definition) is 1. The molecule has 1 aliphatic rings. The lowest BCUT2D eigenvalue weighted by molar-refractivity contribution is -0.155. The fraction of sp³-hybridized carbons (Fsp3) is 0.364. The molecule has 0 amide bonds. The Bertz CT molecular complexity index is 416. The van der Waals surface area contributed by atoms with Gasteiger partial charge in [-0.3, -0.25) is 0 Å². The predicted octanol–water partition coefficient (Wildman–Crippen LogP) is 2.51. The molecule has 1 aliphatic heterocycles. The van der Waals surface area contributed by atoms with E-state index in [-0.39, 0.29) is 0 Å². The zero-order valence-electron chi connectivity index (χ0n) is 8.29. The van der Waals surface area contributed by atoms with Gasteiger partial charge in [0.25, 0.3) is 0 Å². The molecule has 0 aromatic heterocycles. The summed E-state index contributed by atoms with van der Waals surface area (Å²) in [5.41, 5.74) is -0.137. The first-order valence-corrected chi connectivity index (χ1v) is 5.10. The van der Waals surface area contributed by atoms with Crippen molar-refractivity contribution in [2.75, 3.05) is 0 Å². The van der Waals surface area contributed by atoms with Crippen molar-refractivity contribution in [3.05, 3.63) is 28.8 Å². The maximum absolute atomic E-state index is 11.0. The van der Waals surface area contributed by atoms with Gasteiger partial charge in [0.15, 0.2) is 0 Å². The van der Waals surface area contributed by atoms with Gasteiger partial charge in [0.2, 0.25) is 5.60 Å². The monoisotopic (exact) mass is 226 g/mol. The Morgan fingerprint density at radius 2 is 2.33 bits per heavy atom. The number of fused-ring (bicyclic) bond motifs is 1. The van der Waals surface area contributed by atoms with Crippen molar-refractivity contribution in [3.63, 3.8) is 0 Å². The Balaban J connectivity index is 2.35. The molecule has 0 saturated heterocycles. The van der Waals surface area contributed by atoms with Crippen LogP contribution in [0.2, 0.25) is 5.02 Å². The second-order valence-electron chi connectivity index (χ2n) is 3.89. The van der Waals surface area contributed by atoms with Crippen molar-refractivity contribution < 1.29 is 14.6 Å². The Kier molecular flexibility index (Phi) is 2.35. The fourth-order valence-electron chi connectivity index (χ4n) is 1.66. The van der Waals surface area contributed by atoms with Crippen LogP contribution in [-0.4, -0.2) is 16.7 Å². The molecule has 3 nitrogen and oxygen atoms in total. The molecular weight excluding hydrogens is 216 g/mol. The van der Waals surface area contributed by atoms with E-state index in [9.17, 15) is 4.79 Å². The molecule has 1 atom stereocenters. The van der Waals surface area contributed by atoms with Crippen LogP contribution in [0, 0.1) is 0 Å². The number of carbonyl (C=O) groups is 1. The Morgan fingerprint density at radius 3 is 3.00 bits per heavy atom. The molecule has 0 aliphatic carbocycles. The summed E-state index contributed by atoms with van der Waals surface area (Å²) in [6.07, 6.45) is 1.15. The minimum Gasteiger partial charge on any atom is -0.478 e. The van der Waals surface area contributed by atoms with Crippen LogP contribution in [0.15, 0.2) is 18.2 Å². The van der Waals surface area contributed by atoms with Crippen LogP contribution in [0.1, 0.15) is 18.9 Å². The van der Waals surface area contributed by atoms with Gasteiger partial charge < -0.3 is 9.84 Å². The van der Waals surface area contributed by atoms with Gasteiger partial charge in [0.1, 0.15) is 5.75 Å². The minimum atomic E-state index is -1.11. The van der Waals surface area contributed by atoms with Gasteiger partial charge in [-0.15, -0.1) is 0 Å². The van der Waals surface area contributed by atoms with E-state index < -0.39 is 11.6 Å². The minimum absolute atomic E-state index is 0.468. The molecule has 1 N–H and O–H groups in total. The molecule has 4 heteroatoms. The molecule has 0 fully saturated rings. The standard InChI is InChI=1S/C11H11ClO3/c1-11(10(13)14)5-4-7-6-8(12)2-3-9(7)15-11/h2-3,6H,4-5H2,1H3,(H,13,14)/t11-/m0/s1. The zero-order valence-corrected chi connectivity index (χ0v) is 9.04. The molecule has 1 aromatic carbocycles. The Morgan fingerprint density at radius 1 is 1.60 bits per heavy atom. The highest BCUT2D eigenvalue weighted by Crippen LogP contribution is 2.34. The maximum atomic E-state index is 11.0. The zero-order chi connectivity index (χ0) is 11.1. The van der Waals surface area contributed by atoms with E-state index in [4.69, 9.17) is 21.4 Å². The molecular formula is C11H11ClO3. The van der Waals surface area contributed by atoms with Gasteiger partial charge in [-0.1, -0.05) is 11.6 Å². The van der Waals surface area contributed by atoms with Gasteiger partial charge in [0.05, 0.1) is 0 Å². The van der Waals surface area contributed by atoms with Crippen LogP contribution >= 0.6 is 11.6 Å². The summed E-state index contributed by atoms with van der Waals surface area (Å²) in [7, 11) is 0. The average molecular weight is 227 g/mol. The number of benzene rings is 1. The summed E-state index contributed by atoms with van der Waals surface area (Å²) in [4.78, 5) is 11.0. The van der Waals surface area contributed by atoms with Crippen molar-refractivity contribution in [1.29, 1.82) is 0 Å². The third-order valence-electron chi connectivity index (χ3n) is 2.68. The highest BCUT2D eigenvalue weighted by atomic mass is 35.5. The maximum Gasteiger partial charge on any atom is 0.347 e. The van der Waals surface area contributed by atoms with Crippen molar-refractivity contribution in [1.82, 2.24) is 0 Å². The smallest absolute Gasteiger partial charge is 0.347 e. The highest BCUT2D eigenvalue weighted by Gasteiger charge is 2.38.